The molecule has 0 aromatic rings. The lowest BCUT2D eigenvalue weighted by atomic mass is 10.0. The number of hydrogen-bond acceptors (Lipinski definition) is 5. The van der Waals surface area contributed by atoms with Crippen LogP contribution in [-0.2, 0) is 9.59 Å². The molecule has 0 fully saturated rings. The molecular weight excluding hydrogens is 280 g/mol. The van der Waals surface area contributed by atoms with Gasteiger partial charge in [-0.25, -0.2) is 9.59 Å². The third kappa shape index (κ3) is 5.82. The molecule has 1 amide bonds. The average molecular weight is 300 g/mol. The van der Waals surface area contributed by atoms with Crippen LogP contribution in [0.2, 0.25) is 0 Å². The van der Waals surface area contributed by atoms with Gasteiger partial charge in [-0.05, 0) is 25.5 Å². The fraction of sp³-hybridized carbons (Fsp3) is 0.615. The number of aliphatic hydroxyl groups excluding tert-OH is 1. The van der Waals surface area contributed by atoms with Gasteiger partial charge in [-0.3, -0.25) is 4.79 Å². The number of unbranched alkanes of at least 4 members (excludes halogenated alkanes) is 1. The van der Waals surface area contributed by atoms with E-state index >= 15 is 0 Å². The normalized spacial score (nSPS) is 19.4. The van der Waals surface area contributed by atoms with E-state index in [1.807, 2.05) is 5.32 Å². The number of carboxylic acid groups (broad SMARTS) is 2. The first-order chi connectivity index (χ1) is 9.93. The molecule has 4 N–H and O–H groups in total. The Kier molecular flexibility index (Phi) is 6.67. The summed E-state index contributed by atoms with van der Waals surface area (Å²) >= 11 is 0. The summed E-state index contributed by atoms with van der Waals surface area (Å²) in [6.45, 7) is 0.627. The lowest BCUT2D eigenvalue weighted by molar-refractivity contribution is -0.139. The van der Waals surface area contributed by atoms with Crippen LogP contribution in [0.4, 0.5) is 4.79 Å². The van der Waals surface area contributed by atoms with Crippen molar-refractivity contribution in [3.63, 3.8) is 0 Å². The van der Waals surface area contributed by atoms with Gasteiger partial charge in [0.25, 0.3) is 0 Å². The Morgan fingerprint density at radius 1 is 1.38 bits per heavy atom. The molecule has 0 saturated carbocycles. The van der Waals surface area contributed by atoms with Crippen molar-refractivity contribution in [2.75, 3.05) is 19.7 Å². The molecule has 1 heterocycles. The van der Waals surface area contributed by atoms with Gasteiger partial charge in [0.05, 0.1) is 19.1 Å². The summed E-state index contributed by atoms with van der Waals surface area (Å²) in [6, 6.07) is -1.11. The molecule has 1 aliphatic rings. The van der Waals surface area contributed by atoms with Crippen LogP contribution in [0.3, 0.4) is 0 Å². The number of rotatable bonds is 8. The van der Waals surface area contributed by atoms with Gasteiger partial charge in [0.1, 0.15) is 6.04 Å². The summed E-state index contributed by atoms with van der Waals surface area (Å²) in [5.74, 6) is -1.68. The highest BCUT2D eigenvalue weighted by molar-refractivity contribution is 5.85. The van der Waals surface area contributed by atoms with Crippen molar-refractivity contribution in [2.24, 2.45) is 5.92 Å². The summed E-state index contributed by atoms with van der Waals surface area (Å²) in [5.41, 5.74) is 0. The van der Waals surface area contributed by atoms with Crippen LogP contribution in [0, 0.1) is 5.92 Å². The second-order valence-corrected chi connectivity index (χ2v) is 4.90. The maximum Gasteiger partial charge on any atom is 0.405 e. The first kappa shape index (κ1) is 17.0. The molecule has 1 aliphatic heterocycles. The van der Waals surface area contributed by atoms with Crippen molar-refractivity contribution >= 4 is 17.8 Å². The van der Waals surface area contributed by atoms with E-state index in [4.69, 9.17) is 15.3 Å². The molecule has 8 heteroatoms. The van der Waals surface area contributed by atoms with Gasteiger partial charge in [-0.15, -0.1) is 0 Å². The average Bonchev–Trinajstić information content (AvgIpc) is 2.41. The van der Waals surface area contributed by atoms with E-state index in [-0.39, 0.29) is 25.4 Å². The van der Waals surface area contributed by atoms with Gasteiger partial charge in [0.2, 0.25) is 0 Å². The van der Waals surface area contributed by atoms with E-state index in [2.05, 4.69) is 0 Å². The van der Waals surface area contributed by atoms with Gasteiger partial charge in [-0.1, -0.05) is 6.08 Å². The van der Waals surface area contributed by atoms with Gasteiger partial charge in [-0.2, -0.15) is 0 Å². The fourth-order valence-corrected chi connectivity index (χ4v) is 2.09. The van der Waals surface area contributed by atoms with E-state index in [1.54, 1.807) is 17.2 Å². The Bertz CT molecular complexity index is 423. The predicted octanol–water partition coefficient (Wildman–Crippen LogP) is -0.116. The van der Waals surface area contributed by atoms with Crippen LogP contribution in [0.5, 0.6) is 0 Å². The second kappa shape index (κ2) is 8.25. The molecule has 21 heavy (non-hydrogen) atoms. The maximum absolute atomic E-state index is 11.6. The number of hydrogen-bond donors (Lipinski definition) is 4. The van der Waals surface area contributed by atoms with Crippen LogP contribution in [0.15, 0.2) is 12.3 Å². The molecule has 1 rings (SSSR count). The molecule has 0 saturated heterocycles. The molecular formula is C13H20N2O6. The number of aliphatic carboxylic acids is 1. The second-order valence-electron chi connectivity index (χ2n) is 4.90. The van der Waals surface area contributed by atoms with Gasteiger partial charge >= 0.3 is 12.1 Å². The van der Waals surface area contributed by atoms with Crippen LogP contribution in [0.25, 0.3) is 0 Å². The van der Waals surface area contributed by atoms with Crippen molar-refractivity contribution < 1.29 is 29.7 Å². The third-order valence-electron chi connectivity index (χ3n) is 3.28. The zero-order valence-corrected chi connectivity index (χ0v) is 11.6. The van der Waals surface area contributed by atoms with Gasteiger partial charge in [0, 0.05) is 6.54 Å². The monoisotopic (exact) mass is 300 g/mol. The topological polar surface area (TPSA) is 127 Å². The first-order valence-corrected chi connectivity index (χ1v) is 6.72. The molecule has 1 unspecified atom stereocenters. The highest BCUT2D eigenvalue weighted by Gasteiger charge is 2.22. The lowest BCUT2D eigenvalue weighted by Crippen LogP contribution is -2.40. The van der Waals surface area contributed by atoms with Crippen molar-refractivity contribution in [3.8, 4) is 0 Å². The van der Waals surface area contributed by atoms with Gasteiger partial charge in [0.15, 0.2) is 5.78 Å². The predicted molar refractivity (Wildman–Crippen MR) is 72.7 cm³/mol. The molecule has 0 aromatic carbocycles. The zero-order chi connectivity index (χ0) is 15.8. The minimum absolute atomic E-state index is 0.0454. The number of aliphatic hydroxyl groups is 1. The number of nitrogens with zero attached hydrogens (tertiary/aromatic N) is 1. The van der Waals surface area contributed by atoms with Crippen LogP contribution in [-0.4, -0.2) is 63.8 Å². The van der Waals surface area contributed by atoms with Crippen molar-refractivity contribution in [1.29, 1.82) is 0 Å². The van der Waals surface area contributed by atoms with Crippen LogP contribution in [0.1, 0.15) is 19.3 Å². The molecule has 0 aliphatic carbocycles. The van der Waals surface area contributed by atoms with Crippen molar-refractivity contribution in [3.05, 3.63) is 12.3 Å². The highest BCUT2D eigenvalue weighted by atomic mass is 16.4. The Balaban J connectivity index is 2.29. The van der Waals surface area contributed by atoms with Crippen molar-refractivity contribution in [1.82, 2.24) is 10.2 Å². The summed E-state index contributed by atoms with van der Waals surface area (Å²) < 4.78 is 0. The highest BCUT2D eigenvalue weighted by Crippen LogP contribution is 2.11. The molecule has 8 nitrogen and oxygen atoms in total. The molecule has 0 radical (unpaired) electrons. The molecule has 2 atom stereocenters. The maximum atomic E-state index is 11.6. The third-order valence-corrected chi connectivity index (χ3v) is 3.28. The summed E-state index contributed by atoms with van der Waals surface area (Å²) in [5, 5.41) is 28.3. The summed E-state index contributed by atoms with van der Waals surface area (Å²) in [6.07, 6.45) is 3.42. The fourth-order valence-electron chi connectivity index (χ4n) is 2.09. The van der Waals surface area contributed by atoms with E-state index in [9.17, 15) is 14.4 Å². The number of ketones is 1. The van der Waals surface area contributed by atoms with E-state index in [0.29, 0.717) is 19.4 Å². The van der Waals surface area contributed by atoms with E-state index in [1.165, 1.54) is 0 Å². The van der Waals surface area contributed by atoms with Crippen LogP contribution < -0.4 is 5.32 Å². The minimum Gasteiger partial charge on any atom is -0.480 e. The standard InChI is InChI=1S/C13H20N2O6/c16-8-9-4-6-15(7-11(9)17)5-2-1-3-10(12(18)19)14-13(20)21/h4,6,9-10,14,16H,1-3,5,7-8H2,(H,18,19)(H,20,21)/t9?,10-/m0/s1. The largest absolute Gasteiger partial charge is 0.480 e. The molecule has 0 aromatic heterocycles. The first-order valence-electron chi connectivity index (χ1n) is 6.72. The Morgan fingerprint density at radius 2 is 2.10 bits per heavy atom. The Morgan fingerprint density at radius 3 is 2.62 bits per heavy atom. The SMILES string of the molecule is O=C(O)N[C@@H](CCCCN1C=CC(CO)C(=O)C1)C(=O)O. The Labute approximate surface area is 122 Å². The lowest BCUT2D eigenvalue weighted by Gasteiger charge is -2.26. The van der Waals surface area contributed by atoms with E-state index in [0.717, 1.165) is 0 Å². The van der Waals surface area contributed by atoms with Gasteiger partial charge < -0.3 is 25.5 Å². The zero-order valence-electron chi connectivity index (χ0n) is 11.6. The molecule has 0 spiro atoms. The minimum atomic E-state index is -1.36. The number of carbonyl (C=O) groups excluding carboxylic acids is 1. The summed E-state index contributed by atoms with van der Waals surface area (Å²) in [7, 11) is 0. The van der Waals surface area contributed by atoms with Crippen LogP contribution >= 0.6 is 0 Å². The Hall–Kier alpha value is -2.09. The molecule has 118 valence electrons. The number of carboxylic acids is 1. The van der Waals surface area contributed by atoms with Crippen molar-refractivity contribution in [2.45, 2.75) is 25.3 Å². The smallest absolute Gasteiger partial charge is 0.405 e. The quantitative estimate of drug-likeness (QED) is 0.460. The number of nitrogens with one attached hydrogen (secondary N) is 1. The number of amides is 1. The number of carbonyl (C=O) groups is 3. The molecule has 0 bridgehead atoms. The number of Topliss-reactive ketones (excluding diaryl/α,β-unsaturated/α-hetero) is 1. The van der Waals surface area contributed by atoms with E-state index < -0.39 is 24.0 Å². The summed E-state index contributed by atoms with van der Waals surface area (Å²) in [4.78, 5) is 34.6.